The molecule has 0 unspecified atom stereocenters. The molecule has 1 rings (SSSR count). The Morgan fingerprint density at radius 2 is 2.09 bits per heavy atom. The Bertz CT molecular complexity index is 242. The van der Waals surface area contributed by atoms with Crippen molar-refractivity contribution in [2.45, 2.75) is 26.3 Å². The molecule has 0 aliphatic carbocycles. The number of hydrogen-bond acceptors (Lipinski definition) is 1. The Hall–Kier alpha value is -0.380. The maximum Gasteiger partial charge on any atom is 0.175 e. The van der Waals surface area contributed by atoms with Gasteiger partial charge >= 0.3 is 0 Å². The van der Waals surface area contributed by atoms with Crippen LogP contribution in [-0.4, -0.2) is 9.78 Å². The predicted octanol–water partition coefficient (Wildman–Crippen LogP) is 2.54. The van der Waals surface area contributed by atoms with E-state index in [0.717, 1.165) is 0 Å². The topological polar surface area (TPSA) is 17.8 Å². The van der Waals surface area contributed by atoms with Crippen LogP contribution in [0.25, 0.3) is 0 Å². The number of nitrogens with zero attached hydrogens (tertiary/aromatic N) is 2. The molecule has 1 aromatic heterocycles. The Morgan fingerprint density at radius 1 is 1.55 bits per heavy atom. The van der Waals surface area contributed by atoms with E-state index in [1.54, 1.807) is 4.68 Å². The Kier molecular flexibility index (Phi) is 2.05. The molecule has 0 saturated carbocycles. The Morgan fingerprint density at radius 3 is 2.27 bits per heavy atom. The maximum atomic E-state index is 12.7. The summed E-state index contributed by atoms with van der Waals surface area (Å²) in [7, 11) is 0. The number of hydrogen-bond donors (Lipinski definition) is 0. The van der Waals surface area contributed by atoms with Crippen LogP contribution in [0.5, 0.6) is 0 Å². The van der Waals surface area contributed by atoms with Crippen LogP contribution in [0.3, 0.4) is 0 Å². The second-order valence-corrected chi connectivity index (χ2v) is 4.13. The summed E-state index contributed by atoms with van der Waals surface area (Å²) in [5, 5.41) is 3.94. The lowest BCUT2D eigenvalue weighted by molar-refractivity contribution is 0.353. The van der Waals surface area contributed by atoms with Gasteiger partial charge in [0.2, 0.25) is 0 Å². The molecule has 0 bridgehead atoms. The van der Waals surface area contributed by atoms with Gasteiger partial charge in [-0.05, 0) is 36.7 Å². The molecule has 0 saturated heterocycles. The molecule has 0 fully saturated rings. The van der Waals surface area contributed by atoms with Gasteiger partial charge in [-0.25, -0.2) is 4.39 Å². The third-order valence-electron chi connectivity index (χ3n) is 1.32. The second-order valence-electron chi connectivity index (χ2n) is 3.38. The van der Waals surface area contributed by atoms with Crippen molar-refractivity contribution in [1.29, 1.82) is 0 Å². The van der Waals surface area contributed by atoms with E-state index in [0.29, 0.717) is 0 Å². The maximum absolute atomic E-state index is 12.7. The molecule has 0 amide bonds. The molecule has 1 aromatic rings. The van der Waals surface area contributed by atoms with Crippen molar-refractivity contribution < 1.29 is 4.39 Å². The van der Waals surface area contributed by atoms with E-state index in [9.17, 15) is 4.39 Å². The summed E-state index contributed by atoms with van der Waals surface area (Å²) in [5.41, 5.74) is -0.160. The zero-order chi connectivity index (χ0) is 8.65. The highest BCUT2D eigenvalue weighted by Gasteiger charge is 2.16. The molecule has 4 heteroatoms. The van der Waals surface area contributed by atoms with Crippen molar-refractivity contribution in [3.63, 3.8) is 0 Å². The summed E-state index contributed by atoms with van der Waals surface area (Å²) in [4.78, 5) is 0. The van der Waals surface area contributed by atoms with E-state index in [1.165, 1.54) is 6.20 Å². The number of halogens is 2. The first-order chi connectivity index (χ1) is 4.91. The van der Waals surface area contributed by atoms with E-state index in [1.807, 2.05) is 20.8 Å². The molecule has 0 N–H and O–H groups in total. The van der Waals surface area contributed by atoms with Crippen molar-refractivity contribution in [2.75, 3.05) is 0 Å². The Balaban J connectivity index is 3.08. The van der Waals surface area contributed by atoms with Crippen LogP contribution >= 0.6 is 15.9 Å². The summed E-state index contributed by atoms with van der Waals surface area (Å²) in [6.07, 6.45) is 1.38. The first kappa shape index (κ1) is 8.71. The summed E-state index contributed by atoms with van der Waals surface area (Å²) in [6, 6.07) is 0. The SMILES string of the molecule is CC(C)(C)n1cc(F)c(Br)n1. The molecule has 11 heavy (non-hydrogen) atoms. The summed E-state index contributed by atoms with van der Waals surface area (Å²) >= 11 is 3.00. The average Bonchev–Trinajstić information content (AvgIpc) is 2.11. The Labute approximate surface area is 73.5 Å². The van der Waals surface area contributed by atoms with Crippen molar-refractivity contribution in [2.24, 2.45) is 0 Å². The summed E-state index contributed by atoms with van der Waals surface area (Å²) in [5.74, 6) is -0.320. The van der Waals surface area contributed by atoms with Crippen molar-refractivity contribution in [3.8, 4) is 0 Å². The van der Waals surface area contributed by atoms with E-state index in [4.69, 9.17) is 0 Å². The van der Waals surface area contributed by atoms with Crippen LogP contribution in [0.1, 0.15) is 20.8 Å². The summed E-state index contributed by atoms with van der Waals surface area (Å²) in [6.45, 7) is 5.89. The second kappa shape index (κ2) is 2.59. The molecule has 2 nitrogen and oxygen atoms in total. The zero-order valence-electron chi connectivity index (χ0n) is 6.73. The predicted molar refractivity (Wildman–Crippen MR) is 44.9 cm³/mol. The minimum absolute atomic E-state index is 0.160. The standard InChI is InChI=1S/C7H10BrFN2/c1-7(2,3)11-4-5(9)6(8)10-11/h4H,1-3H3. The average molecular weight is 221 g/mol. The van der Waals surface area contributed by atoms with Crippen LogP contribution < -0.4 is 0 Å². The largest absolute Gasteiger partial charge is 0.263 e. The molecule has 0 aliphatic rings. The van der Waals surface area contributed by atoms with Gasteiger partial charge < -0.3 is 0 Å². The summed E-state index contributed by atoms with van der Waals surface area (Å²) < 4.78 is 14.6. The van der Waals surface area contributed by atoms with Crippen molar-refractivity contribution >= 4 is 15.9 Å². The van der Waals surface area contributed by atoms with Gasteiger partial charge in [0, 0.05) is 0 Å². The van der Waals surface area contributed by atoms with Crippen LogP contribution in [0.15, 0.2) is 10.8 Å². The van der Waals surface area contributed by atoms with Gasteiger partial charge in [-0.3, -0.25) is 4.68 Å². The highest BCUT2D eigenvalue weighted by molar-refractivity contribution is 9.10. The van der Waals surface area contributed by atoms with Gasteiger partial charge in [-0.15, -0.1) is 0 Å². The molecular weight excluding hydrogens is 211 g/mol. The minimum atomic E-state index is -0.320. The van der Waals surface area contributed by atoms with E-state index >= 15 is 0 Å². The molecule has 0 radical (unpaired) electrons. The molecule has 0 aliphatic heterocycles. The zero-order valence-corrected chi connectivity index (χ0v) is 8.31. The fourth-order valence-corrected chi connectivity index (χ4v) is 0.949. The van der Waals surface area contributed by atoms with Gasteiger partial charge in [0.1, 0.15) is 0 Å². The first-order valence-electron chi connectivity index (χ1n) is 3.32. The quantitative estimate of drug-likeness (QED) is 0.658. The molecule has 1 heterocycles. The molecule has 62 valence electrons. The van der Waals surface area contributed by atoms with E-state index < -0.39 is 0 Å². The monoisotopic (exact) mass is 220 g/mol. The van der Waals surface area contributed by atoms with Crippen LogP contribution in [0.2, 0.25) is 0 Å². The first-order valence-corrected chi connectivity index (χ1v) is 4.12. The van der Waals surface area contributed by atoms with Gasteiger partial charge in [-0.1, -0.05) is 0 Å². The van der Waals surface area contributed by atoms with Gasteiger partial charge in [0.15, 0.2) is 10.4 Å². The molecule has 0 spiro atoms. The number of rotatable bonds is 0. The lowest BCUT2D eigenvalue weighted by atomic mass is 10.1. The fraction of sp³-hybridized carbons (Fsp3) is 0.571. The highest BCUT2D eigenvalue weighted by atomic mass is 79.9. The normalized spacial score (nSPS) is 12.1. The van der Waals surface area contributed by atoms with Crippen LogP contribution in [-0.2, 0) is 5.54 Å². The third-order valence-corrected chi connectivity index (χ3v) is 1.85. The molecular formula is C7H10BrFN2. The van der Waals surface area contributed by atoms with Gasteiger partial charge in [-0.2, -0.15) is 5.10 Å². The lowest BCUT2D eigenvalue weighted by Gasteiger charge is -2.18. The van der Waals surface area contributed by atoms with Gasteiger partial charge in [0.25, 0.3) is 0 Å². The lowest BCUT2D eigenvalue weighted by Crippen LogP contribution is -2.22. The van der Waals surface area contributed by atoms with E-state index in [2.05, 4.69) is 21.0 Å². The van der Waals surface area contributed by atoms with Crippen molar-refractivity contribution in [1.82, 2.24) is 9.78 Å². The smallest absolute Gasteiger partial charge is 0.175 e. The number of aromatic nitrogens is 2. The van der Waals surface area contributed by atoms with Crippen molar-refractivity contribution in [3.05, 3.63) is 16.6 Å². The fourth-order valence-electron chi connectivity index (χ4n) is 0.675. The van der Waals surface area contributed by atoms with E-state index in [-0.39, 0.29) is 16.0 Å². The van der Waals surface area contributed by atoms with Crippen LogP contribution in [0, 0.1) is 5.82 Å². The van der Waals surface area contributed by atoms with Gasteiger partial charge in [0.05, 0.1) is 11.7 Å². The van der Waals surface area contributed by atoms with Crippen LogP contribution in [0.4, 0.5) is 4.39 Å². The highest BCUT2D eigenvalue weighted by Crippen LogP contribution is 2.18. The third kappa shape index (κ3) is 1.80. The molecule has 0 aromatic carbocycles. The minimum Gasteiger partial charge on any atom is -0.263 e. The molecule has 0 atom stereocenters.